The molecule has 13 heavy (non-hydrogen) atoms. The van der Waals surface area contributed by atoms with E-state index in [4.69, 9.17) is 21.2 Å². The van der Waals surface area contributed by atoms with E-state index in [1.807, 2.05) is 0 Å². The van der Waals surface area contributed by atoms with E-state index in [0.29, 0.717) is 11.4 Å². The van der Waals surface area contributed by atoms with Crippen molar-refractivity contribution < 1.29 is 13.2 Å². The number of nitrogen functional groups attached to an aromatic ring is 1. The summed E-state index contributed by atoms with van der Waals surface area (Å²) >= 11 is 0. The Kier molecular flexibility index (Phi) is 2.68. The first kappa shape index (κ1) is 10.1. The Morgan fingerprint density at radius 3 is 2.54 bits per heavy atom. The summed E-state index contributed by atoms with van der Waals surface area (Å²) in [6.07, 6.45) is 0. The van der Waals surface area contributed by atoms with Crippen molar-refractivity contribution in [1.82, 2.24) is 0 Å². The normalized spacial score (nSPS) is 11.2. The van der Waals surface area contributed by atoms with E-state index in [-0.39, 0.29) is 4.90 Å². The van der Waals surface area contributed by atoms with Crippen LogP contribution >= 0.6 is 10.7 Å². The van der Waals surface area contributed by atoms with E-state index >= 15 is 0 Å². The molecule has 1 rings (SSSR count). The van der Waals surface area contributed by atoms with Crippen molar-refractivity contribution in [2.24, 2.45) is 0 Å². The van der Waals surface area contributed by atoms with Gasteiger partial charge in [-0.25, -0.2) is 8.42 Å². The van der Waals surface area contributed by atoms with Gasteiger partial charge in [0.15, 0.2) is 0 Å². The van der Waals surface area contributed by atoms with Crippen molar-refractivity contribution in [1.29, 1.82) is 0 Å². The Hall–Kier alpha value is -0.940. The highest BCUT2D eigenvalue weighted by Crippen LogP contribution is 2.26. The molecule has 0 atom stereocenters. The summed E-state index contributed by atoms with van der Waals surface area (Å²) in [5.74, 6) is 0.293. The number of ether oxygens (including phenoxy) is 1. The maximum absolute atomic E-state index is 10.9. The maximum Gasteiger partial charge on any atom is 0.261 e. The quantitative estimate of drug-likeness (QED) is 0.602. The molecule has 0 spiro atoms. The zero-order valence-electron chi connectivity index (χ0n) is 6.82. The Morgan fingerprint density at radius 2 is 2.08 bits per heavy atom. The van der Waals surface area contributed by atoms with Crippen molar-refractivity contribution in [2.45, 2.75) is 4.90 Å². The Bertz CT molecular complexity index is 416. The third-order valence-corrected chi connectivity index (χ3v) is 2.84. The van der Waals surface area contributed by atoms with Gasteiger partial charge in [-0.15, -0.1) is 0 Å². The molecule has 0 aromatic heterocycles. The smallest absolute Gasteiger partial charge is 0.261 e. The van der Waals surface area contributed by atoms with E-state index in [1.54, 1.807) is 0 Å². The molecule has 1 aromatic carbocycles. The molecule has 0 amide bonds. The van der Waals surface area contributed by atoms with Crippen LogP contribution in [0.1, 0.15) is 0 Å². The van der Waals surface area contributed by atoms with Crippen LogP contribution in [0.4, 0.5) is 5.69 Å². The molecular weight excluding hydrogens is 214 g/mol. The molecule has 0 aliphatic rings. The average molecular weight is 222 g/mol. The number of hydrogen-bond donors (Lipinski definition) is 1. The van der Waals surface area contributed by atoms with Crippen molar-refractivity contribution in [3.63, 3.8) is 0 Å². The van der Waals surface area contributed by atoms with E-state index in [1.165, 1.54) is 25.3 Å². The van der Waals surface area contributed by atoms with Crippen LogP contribution in [-0.2, 0) is 9.05 Å². The molecule has 0 aliphatic carbocycles. The summed E-state index contributed by atoms with van der Waals surface area (Å²) in [4.78, 5) is -0.0276. The standard InChI is InChI=1S/C7H8ClNO3S/c1-12-7-4-5(13(8,10)11)2-3-6(7)9/h2-4H,9H2,1H3. The van der Waals surface area contributed by atoms with Crippen molar-refractivity contribution in [3.8, 4) is 5.75 Å². The average Bonchev–Trinajstić information content (AvgIpc) is 2.03. The number of rotatable bonds is 2. The number of benzene rings is 1. The van der Waals surface area contributed by atoms with Gasteiger partial charge in [0.05, 0.1) is 17.7 Å². The van der Waals surface area contributed by atoms with Gasteiger partial charge in [-0.1, -0.05) is 0 Å². The lowest BCUT2D eigenvalue weighted by Crippen LogP contribution is -1.96. The molecule has 0 fully saturated rings. The van der Waals surface area contributed by atoms with Crippen LogP contribution < -0.4 is 10.5 Å². The minimum atomic E-state index is -3.72. The van der Waals surface area contributed by atoms with Crippen LogP contribution in [0.3, 0.4) is 0 Å². The molecule has 4 nitrogen and oxygen atoms in total. The van der Waals surface area contributed by atoms with Gasteiger partial charge in [-0.3, -0.25) is 0 Å². The summed E-state index contributed by atoms with van der Waals surface area (Å²) in [6, 6.07) is 4.02. The highest BCUT2D eigenvalue weighted by atomic mass is 35.7. The van der Waals surface area contributed by atoms with Crippen LogP contribution in [0, 0.1) is 0 Å². The number of hydrogen-bond acceptors (Lipinski definition) is 4. The Balaban J connectivity index is 3.30. The van der Waals surface area contributed by atoms with Crippen molar-refractivity contribution in [3.05, 3.63) is 18.2 Å². The predicted molar refractivity (Wildman–Crippen MR) is 50.4 cm³/mol. The first-order valence-corrected chi connectivity index (χ1v) is 5.64. The zero-order valence-corrected chi connectivity index (χ0v) is 8.39. The molecule has 0 radical (unpaired) electrons. The first-order chi connectivity index (χ1) is 5.95. The minimum Gasteiger partial charge on any atom is -0.495 e. The molecule has 0 heterocycles. The lowest BCUT2D eigenvalue weighted by atomic mass is 10.3. The second-order valence-corrected chi connectivity index (χ2v) is 4.91. The number of methoxy groups -OCH3 is 1. The Labute approximate surface area is 80.7 Å². The molecule has 0 unspecified atom stereocenters. The zero-order chi connectivity index (χ0) is 10.1. The molecule has 0 bridgehead atoms. The van der Waals surface area contributed by atoms with Gasteiger partial charge < -0.3 is 10.5 Å². The van der Waals surface area contributed by atoms with Gasteiger partial charge in [0, 0.05) is 16.7 Å². The largest absolute Gasteiger partial charge is 0.495 e. The van der Waals surface area contributed by atoms with E-state index in [0.717, 1.165) is 0 Å². The third kappa shape index (κ3) is 2.26. The topological polar surface area (TPSA) is 69.4 Å². The van der Waals surface area contributed by atoms with E-state index in [2.05, 4.69) is 0 Å². The second-order valence-electron chi connectivity index (χ2n) is 2.34. The molecule has 6 heteroatoms. The summed E-state index contributed by atoms with van der Waals surface area (Å²) < 4.78 is 26.6. The number of nitrogens with two attached hydrogens (primary N) is 1. The van der Waals surface area contributed by atoms with Gasteiger partial charge in [0.2, 0.25) is 0 Å². The highest BCUT2D eigenvalue weighted by molar-refractivity contribution is 8.13. The first-order valence-electron chi connectivity index (χ1n) is 3.33. The fraction of sp³-hybridized carbons (Fsp3) is 0.143. The molecule has 72 valence electrons. The molecular formula is C7H8ClNO3S. The summed E-state index contributed by atoms with van der Waals surface area (Å²) in [5.41, 5.74) is 5.85. The van der Waals surface area contributed by atoms with Crippen molar-refractivity contribution >= 4 is 25.4 Å². The van der Waals surface area contributed by atoms with Gasteiger partial charge in [0.1, 0.15) is 5.75 Å². The van der Waals surface area contributed by atoms with Crippen LogP contribution in [0.2, 0.25) is 0 Å². The van der Waals surface area contributed by atoms with Gasteiger partial charge in [-0.2, -0.15) is 0 Å². The monoisotopic (exact) mass is 221 g/mol. The number of halogens is 1. The van der Waals surface area contributed by atoms with Crippen LogP contribution in [-0.4, -0.2) is 15.5 Å². The molecule has 1 aromatic rings. The highest BCUT2D eigenvalue weighted by Gasteiger charge is 2.11. The molecule has 0 aliphatic heterocycles. The van der Waals surface area contributed by atoms with Gasteiger partial charge in [0.25, 0.3) is 9.05 Å². The van der Waals surface area contributed by atoms with E-state index < -0.39 is 9.05 Å². The lowest BCUT2D eigenvalue weighted by Gasteiger charge is -2.04. The lowest BCUT2D eigenvalue weighted by molar-refractivity contribution is 0.415. The third-order valence-electron chi connectivity index (χ3n) is 1.49. The predicted octanol–water partition coefficient (Wildman–Crippen LogP) is 1.20. The molecule has 2 N–H and O–H groups in total. The molecule has 0 saturated heterocycles. The summed E-state index contributed by atoms with van der Waals surface area (Å²) in [7, 11) is 2.80. The van der Waals surface area contributed by atoms with Gasteiger partial charge >= 0.3 is 0 Å². The fourth-order valence-electron chi connectivity index (χ4n) is 0.843. The fourth-order valence-corrected chi connectivity index (χ4v) is 1.61. The summed E-state index contributed by atoms with van der Waals surface area (Å²) in [6.45, 7) is 0. The van der Waals surface area contributed by atoms with Crippen LogP contribution in [0.25, 0.3) is 0 Å². The van der Waals surface area contributed by atoms with Gasteiger partial charge in [-0.05, 0) is 12.1 Å². The number of anilines is 1. The SMILES string of the molecule is COc1cc(S(=O)(=O)Cl)ccc1N. The maximum atomic E-state index is 10.9. The van der Waals surface area contributed by atoms with Crippen molar-refractivity contribution in [2.75, 3.05) is 12.8 Å². The Morgan fingerprint density at radius 1 is 1.46 bits per heavy atom. The van der Waals surface area contributed by atoms with Crippen LogP contribution in [0.15, 0.2) is 23.1 Å². The minimum absolute atomic E-state index is 0.0276. The van der Waals surface area contributed by atoms with Crippen LogP contribution in [0.5, 0.6) is 5.75 Å². The second kappa shape index (κ2) is 3.43. The summed E-state index contributed by atoms with van der Waals surface area (Å²) in [5, 5.41) is 0. The molecule has 0 saturated carbocycles. The van der Waals surface area contributed by atoms with E-state index in [9.17, 15) is 8.42 Å².